The molecule has 1 aromatic rings. The van der Waals surface area contributed by atoms with E-state index in [1.54, 1.807) is 19.1 Å². The highest BCUT2D eigenvalue weighted by atomic mass is 35.5. The zero-order valence-corrected chi connectivity index (χ0v) is 12.0. The zero-order chi connectivity index (χ0) is 13.7. The van der Waals surface area contributed by atoms with Crippen LogP contribution in [-0.2, 0) is 4.79 Å². The molecule has 0 aromatic heterocycles. The first-order valence-electron chi connectivity index (χ1n) is 6.13. The lowest BCUT2D eigenvalue weighted by atomic mass is 10.1. The first-order chi connectivity index (χ1) is 8.41. The second-order valence-electron chi connectivity index (χ2n) is 4.73. The van der Waals surface area contributed by atoms with Crippen molar-refractivity contribution in [3.63, 3.8) is 0 Å². The van der Waals surface area contributed by atoms with E-state index in [-0.39, 0.29) is 11.9 Å². The molecule has 1 amide bonds. The monoisotopic (exact) mass is 269 g/mol. The summed E-state index contributed by atoms with van der Waals surface area (Å²) in [5.41, 5.74) is 0. The van der Waals surface area contributed by atoms with E-state index >= 15 is 0 Å². The number of benzene rings is 1. The standard InChI is InChI=1S/C14H20ClNO2/c1-9(2)10(3)16-14(17)11(4)18-13-8-6-5-7-12(13)15/h5-11H,1-4H3,(H,16,17)/t10-,11-/m1/s1. The average molecular weight is 270 g/mol. The maximum absolute atomic E-state index is 11.9. The van der Waals surface area contributed by atoms with Crippen LogP contribution in [0.2, 0.25) is 5.02 Å². The minimum absolute atomic E-state index is 0.120. The molecule has 0 spiro atoms. The Kier molecular flexibility index (Phi) is 5.48. The van der Waals surface area contributed by atoms with Crippen molar-refractivity contribution < 1.29 is 9.53 Å². The molecule has 0 bridgehead atoms. The van der Waals surface area contributed by atoms with Crippen LogP contribution in [0.1, 0.15) is 27.7 Å². The maximum atomic E-state index is 11.9. The fourth-order valence-electron chi connectivity index (χ4n) is 1.29. The van der Waals surface area contributed by atoms with E-state index in [4.69, 9.17) is 16.3 Å². The number of hydrogen-bond acceptors (Lipinski definition) is 2. The van der Waals surface area contributed by atoms with Crippen molar-refractivity contribution in [3.05, 3.63) is 29.3 Å². The highest BCUT2D eigenvalue weighted by molar-refractivity contribution is 6.32. The van der Waals surface area contributed by atoms with E-state index in [0.717, 1.165) is 0 Å². The third-order valence-electron chi connectivity index (χ3n) is 2.88. The van der Waals surface area contributed by atoms with Gasteiger partial charge in [0.15, 0.2) is 6.10 Å². The molecule has 0 fully saturated rings. The molecular weight excluding hydrogens is 250 g/mol. The van der Waals surface area contributed by atoms with Crippen LogP contribution in [0.4, 0.5) is 0 Å². The number of hydrogen-bond donors (Lipinski definition) is 1. The molecule has 1 rings (SSSR count). The molecule has 4 heteroatoms. The van der Waals surface area contributed by atoms with Crippen molar-refractivity contribution in [2.24, 2.45) is 5.92 Å². The van der Waals surface area contributed by atoms with Gasteiger partial charge >= 0.3 is 0 Å². The Morgan fingerprint density at radius 2 is 1.83 bits per heavy atom. The van der Waals surface area contributed by atoms with Gasteiger partial charge in [-0.2, -0.15) is 0 Å². The van der Waals surface area contributed by atoms with Gasteiger partial charge in [0.1, 0.15) is 5.75 Å². The second kappa shape index (κ2) is 6.64. The Labute approximate surface area is 113 Å². The fourth-order valence-corrected chi connectivity index (χ4v) is 1.47. The molecule has 0 radical (unpaired) electrons. The van der Waals surface area contributed by atoms with E-state index in [1.165, 1.54) is 0 Å². The molecule has 2 atom stereocenters. The summed E-state index contributed by atoms with van der Waals surface area (Å²) in [5, 5.41) is 3.42. The largest absolute Gasteiger partial charge is 0.479 e. The van der Waals surface area contributed by atoms with Gasteiger partial charge in [-0.05, 0) is 31.9 Å². The topological polar surface area (TPSA) is 38.3 Å². The van der Waals surface area contributed by atoms with Gasteiger partial charge in [-0.3, -0.25) is 4.79 Å². The number of carbonyl (C=O) groups excluding carboxylic acids is 1. The van der Waals surface area contributed by atoms with Crippen LogP contribution in [0.3, 0.4) is 0 Å². The summed E-state index contributed by atoms with van der Waals surface area (Å²) >= 11 is 5.97. The number of ether oxygens (including phenoxy) is 1. The van der Waals surface area contributed by atoms with Crippen molar-refractivity contribution >= 4 is 17.5 Å². The Morgan fingerprint density at radius 1 is 1.22 bits per heavy atom. The minimum atomic E-state index is -0.564. The molecule has 0 aliphatic rings. The van der Waals surface area contributed by atoms with Gasteiger partial charge in [0.05, 0.1) is 5.02 Å². The van der Waals surface area contributed by atoms with Crippen LogP contribution in [-0.4, -0.2) is 18.1 Å². The van der Waals surface area contributed by atoms with Crippen LogP contribution < -0.4 is 10.1 Å². The van der Waals surface area contributed by atoms with Crippen LogP contribution in [0, 0.1) is 5.92 Å². The highest BCUT2D eigenvalue weighted by Crippen LogP contribution is 2.24. The predicted octanol–water partition coefficient (Wildman–Crippen LogP) is 3.27. The molecule has 0 heterocycles. The SMILES string of the molecule is CC(C)[C@@H](C)NC(=O)[C@@H](C)Oc1ccccc1Cl. The first kappa shape index (κ1) is 14.8. The second-order valence-corrected chi connectivity index (χ2v) is 5.14. The summed E-state index contributed by atoms with van der Waals surface area (Å²) in [4.78, 5) is 11.9. The summed E-state index contributed by atoms with van der Waals surface area (Å²) in [6.07, 6.45) is -0.564. The van der Waals surface area contributed by atoms with E-state index in [1.807, 2.05) is 19.1 Å². The average Bonchev–Trinajstić information content (AvgIpc) is 2.31. The van der Waals surface area contributed by atoms with Gasteiger partial charge in [-0.15, -0.1) is 0 Å². The van der Waals surface area contributed by atoms with E-state index in [9.17, 15) is 4.79 Å². The van der Waals surface area contributed by atoms with Crippen LogP contribution in [0.25, 0.3) is 0 Å². The van der Waals surface area contributed by atoms with Gasteiger partial charge in [-0.1, -0.05) is 37.6 Å². The Hall–Kier alpha value is -1.22. The molecule has 1 N–H and O–H groups in total. The number of para-hydroxylation sites is 1. The third-order valence-corrected chi connectivity index (χ3v) is 3.19. The summed E-state index contributed by atoms with van der Waals surface area (Å²) in [5.74, 6) is 0.789. The fraction of sp³-hybridized carbons (Fsp3) is 0.500. The highest BCUT2D eigenvalue weighted by Gasteiger charge is 2.18. The summed E-state index contributed by atoms with van der Waals surface area (Å²) in [6, 6.07) is 7.24. The van der Waals surface area contributed by atoms with Gasteiger partial charge < -0.3 is 10.1 Å². The van der Waals surface area contributed by atoms with Crippen molar-refractivity contribution in [3.8, 4) is 5.75 Å². The first-order valence-corrected chi connectivity index (χ1v) is 6.51. The number of halogens is 1. The van der Waals surface area contributed by atoms with Crippen molar-refractivity contribution in [1.82, 2.24) is 5.32 Å². The Morgan fingerprint density at radius 3 is 2.39 bits per heavy atom. The zero-order valence-electron chi connectivity index (χ0n) is 11.2. The van der Waals surface area contributed by atoms with Crippen molar-refractivity contribution in [1.29, 1.82) is 0 Å². The molecule has 3 nitrogen and oxygen atoms in total. The molecule has 0 unspecified atom stereocenters. The minimum Gasteiger partial charge on any atom is -0.479 e. The van der Waals surface area contributed by atoms with E-state index in [2.05, 4.69) is 19.2 Å². The molecule has 18 heavy (non-hydrogen) atoms. The van der Waals surface area contributed by atoms with Crippen LogP contribution in [0.15, 0.2) is 24.3 Å². The smallest absolute Gasteiger partial charge is 0.260 e. The summed E-state index contributed by atoms with van der Waals surface area (Å²) in [7, 11) is 0. The molecule has 0 aliphatic heterocycles. The maximum Gasteiger partial charge on any atom is 0.260 e. The molecule has 0 aliphatic carbocycles. The summed E-state index contributed by atoms with van der Waals surface area (Å²) < 4.78 is 5.54. The van der Waals surface area contributed by atoms with E-state index < -0.39 is 6.10 Å². The van der Waals surface area contributed by atoms with Crippen molar-refractivity contribution in [2.75, 3.05) is 0 Å². The van der Waals surface area contributed by atoms with Gasteiger partial charge in [0, 0.05) is 6.04 Å². The van der Waals surface area contributed by atoms with Crippen LogP contribution >= 0.6 is 11.6 Å². The third kappa shape index (κ3) is 4.22. The lowest BCUT2D eigenvalue weighted by Crippen LogP contribution is -2.43. The summed E-state index contributed by atoms with van der Waals surface area (Å²) in [6.45, 7) is 7.81. The molecule has 0 saturated heterocycles. The number of carbonyl (C=O) groups is 1. The number of rotatable bonds is 5. The van der Waals surface area contributed by atoms with Crippen LogP contribution in [0.5, 0.6) is 5.75 Å². The molecule has 0 saturated carbocycles. The van der Waals surface area contributed by atoms with Gasteiger partial charge in [0.2, 0.25) is 0 Å². The van der Waals surface area contributed by atoms with Crippen molar-refractivity contribution in [2.45, 2.75) is 39.8 Å². The normalized spacial score (nSPS) is 14.1. The molecular formula is C14H20ClNO2. The lowest BCUT2D eigenvalue weighted by molar-refractivity contribution is -0.128. The number of amides is 1. The lowest BCUT2D eigenvalue weighted by Gasteiger charge is -2.21. The van der Waals surface area contributed by atoms with Gasteiger partial charge in [-0.25, -0.2) is 0 Å². The molecule has 1 aromatic carbocycles. The van der Waals surface area contributed by atoms with Gasteiger partial charge in [0.25, 0.3) is 5.91 Å². The molecule has 100 valence electrons. The van der Waals surface area contributed by atoms with E-state index in [0.29, 0.717) is 16.7 Å². The Bertz CT molecular complexity index is 407. The number of nitrogens with one attached hydrogen (secondary N) is 1. The quantitative estimate of drug-likeness (QED) is 0.891. The Balaban J connectivity index is 2.58. The predicted molar refractivity (Wildman–Crippen MR) is 74.0 cm³/mol.